The molecule has 0 bridgehead atoms. The summed E-state index contributed by atoms with van der Waals surface area (Å²) in [5.74, 6) is 1.19. The molecule has 0 unspecified atom stereocenters. The van der Waals surface area contributed by atoms with Gasteiger partial charge in [0, 0.05) is 25.7 Å². The van der Waals surface area contributed by atoms with E-state index in [2.05, 4.69) is 56.7 Å². The van der Waals surface area contributed by atoms with Gasteiger partial charge in [-0.2, -0.15) is 4.98 Å². The zero-order valence-corrected chi connectivity index (χ0v) is 12.2. The Balaban J connectivity index is 2.80. The minimum absolute atomic E-state index is 0.493. The number of hydrogen-bond acceptors (Lipinski definition) is 5. The number of nitrogens with two attached hydrogens (primary N) is 1. The monoisotopic (exact) mass is 301 g/mol. The average Bonchev–Trinajstić information content (AvgIpc) is 2.22. The largest absolute Gasteiger partial charge is 0.383 e. The Kier molecular flexibility index (Phi) is 5.64. The molecule has 1 aromatic heterocycles. The highest BCUT2D eigenvalue weighted by molar-refractivity contribution is 9.10. The van der Waals surface area contributed by atoms with Gasteiger partial charge in [-0.15, -0.1) is 0 Å². The van der Waals surface area contributed by atoms with E-state index in [9.17, 15) is 0 Å². The molecular weight excluding hydrogens is 282 g/mol. The smallest absolute Gasteiger partial charge is 0.228 e. The molecule has 0 saturated carbocycles. The molecule has 1 aromatic rings. The second-order valence-electron chi connectivity index (χ2n) is 4.21. The van der Waals surface area contributed by atoms with Gasteiger partial charge in [0.05, 0.1) is 0 Å². The molecule has 0 aliphatic carbocycles. The summed E-state index contributed by atoms with van der Waals surface area (Å²) < 4.78 is 0.728. The van der Waals surface area contributed by atoms with Gasteiger partial charge in [-0.25, -0.2) is 4.98 Å². The van der Waals surface area contributed by atoms with E-state index in [1.54, 1.807) is 6.07 Å². The molecule has 0 radical (unpaired) electrons. The number of anilines is 2. The number of likely N-dealkylation sites (N-methyl/N-ethyl adjacent to an activating group) is 1. The highest BCUT2D eigenvalue weighted by atomic mass is 79.9. The molecule has 2 N–H and O–H groups in total. The maximum atomic E-state index is 5.73. The zero-order valence-electron chi connectivity index (χ0n) is 10.6. The SMILES string of the molecule is CCCN(CCN(C)C)c1nc(N)cc(Br)n1. The third kappa shape index (κ3) is 4.87. The van der Waals surface area contributed by atoms with Crippen LogP contribution in [0.4, 0.5) is 11.8 Å². The second kappa shape index (κ2) is 6.76. The lowest BCUT2D eigenvalue weighted by Crippen LogP contribution is -2.33. The second-order valence-corrected chi connectivity index (χ2v) is 5.02. The molecule has 0 aromatic carbocycles. The van der Waals surface area contributed by atoms with E-state index >= 15 is 0 Å². The van der Waals surface area contributed by atoms with Crippen molar-refractivity contribution in [2.75, 3.05) is 44.4 Å². The Bertz CT molecular complexity index is 335. The third-order valence-corrected chi connectivity index (χ3v) is 2.70. The fourth-order valence-electron chi connectivity index (χ4n) is 1.47. The van der Waals surface area contributed by atoms with Crippen LogP contribution in [-0.2, 0) is 0 Å². The van der Waals surface area contributed by atoms with Gasteiger partial charge in [0.2, 0.25) is 5.95 Å². The van der Waals surface area contributed by atoms with Crippen molar-refractivity contribution in [1.82, 2.24) is 14.9 Å². The van der Waals surface area contributed by atoms with E-state index in [4.69, 9.17) is 5.73 Å². The summed E-state index contributed by atoms with van der Waals surface area (Å²) in [7, 11) is 4.11. The van der Waals surface area contributed by atoms with E-state index in [0.29, 0.717) is 11.8 Å². The van der Waals surface area contributed by atoms with Crippen LogP contribution in [0.2, 0.25) is 0 Å². The van der Waals surface area contributed by atoms with Crippen molar-refractivity contribution < 1.29 is 0 Å². The zero-order chi connectivity index (χ0) is 12.8. The van der Waals surface area contributed by atoms with Crippen molar-refractivity contribution in [1.29, 1.82) is 0 Å². The predicted molar refractivity (Wildman–Crippen MR) is 75.2 cm³/mol. The number of hydrogen-bond donors (Lipinski definition) is 1. The molecule has 0 saturated heterocycles. The maximum absolute atomic E-state index is 5.73. The topological polar surface area (TPSA) is 58.3 Å². The third-order valence-electron chi connectivity index (χ3n) is 2.30. The summed E-state index contributed by atoms with van der Waals surface area (Å²) in [4.78, 5) is 12.9. The van der Waals surface area contributed by atoms with Gasteiger partial charge in [0.1, 0.15) is 10.4 Å². The van der Waals surface area contributed by atoms with Crippen LogP contribution >= 0.6 is 15.9 Å². The number of nitrogen functional groups attached to an aromatic ring is 1. The lowest BCUT2D eigenvalue weighted by atomic mass is 10.4. The molecule has 96 valence electrons. The van der Waals surface area contributed by atoms with Crippen LogP contribution in [-0.4, -0.2) is 48.6 Å². The van der Waals surface area contributed by atoms with Gasteiger partial charge in [-0.1, -0.05) is 6.92 Å². The molecule has 5 nitrogen and oxygen atoms in total. The Hall–Kier alpha value is -0.880. The quantitative estimate of drug-likeness (QED) is 0.809. The van der Waals surface area contributed by atoms with E-state index in [-0.39, 0.29) is 0 Å². The van der Waals surface area contributed by atoms with E-state index in [0.717, 1.165) is 30.7 Å². The Morgan fingerprint density at radius 1 is 1.24 bits per heavy atom. The van der Waals surface area contributed by atoms with Gasteiger partial charge in [-0.3, -0.25) is 0 Å². The Labute approximate surface area is 111 Å². The summed E-state index contributed by atoms with van der Waals surface area (Å²) in [5, 5.41) is 0. The van der Waals surface area contributed by atoms with Crippen molar-refractivity contribution in [3.05, 3.63) is 10.7 Å². The molecule has 0 amide bonds. The van der Waals surface area contributed by atoms with Gasteiger partial charge in [-0.05, 0) is 36.4 Å². The minimum atomic E-state index is 0.493. The van der Waals surface area contributed by atoms with E-state index in [1.807, 2.05) is 0 Å². The molecule has 0 aliphatic heterocycles. The van der Waals surface area contributed by atoms with Crippen molar-refractivity contribution in [3.8, 4) is 0 Å². The number of rotatable bonds is 6. The first-order chi connectivity index (χ1) is 8.02. The maximum Gasteiger partial charge on any atom is 0.228 e. The Morgan fingerprint density at radius 3 is 2.47 bits per heavy atom. The summed E-state index contributed by atoms with van der Waals surface area (Å²) in [6.45, 7) is 4.94. The fourth-order valence-corrected chi connectivity index (χ4v) is 1.86. The minimum Gasteiger partial charge on any atom is -0.383 e. The molecule has 17 heavy (non-hydrogen) atoms. The number of nitrogens with zero attached hydrogens (tertiary/aromatic N) is 4. The van der Waals surface area contributed by atoms with Crippen LogP contribution in [0.15, 0.2) is 10.7 Å². The normalized spacial score (nSPS) is 10.9. The predicted octanol–water partition coefficient (Wildman–Crippen LogP) is 1.60. The lowest BCUT2D eigenvalue weighted by molar-refractivity contribution is 0.412. The van der Waals surface area contributed by atoms with Gasteiger partial charge in [0.25, 0.3) is 0 Å². The molecule has 0 fully saturated rings. The lowest BCUT2D eigenvalue weighted by Gasteiger charge is -2.24. The summed E-state index contributed by atoms with van der Waals surface area (Å²) in [6.07, 6.45) is 1.06. The van der Waals surface area contributed by atoms with Crippen molar-refractivity contribution >= 4 is 27.7 Å². The van der Waals surface area contributed by atoms with Crippen LogP contribution in [0.25, 0.3) is 0 Å². The summed E-state index contributed by atoms with van der Waals surface area (Å²) >= 11 is 3.34. The van der Waals surface area contributed by atoms with Crippen LogP contribution < -0.4 is 10.6 Å². The molecule has 0 aliphatic rings. The fraction of sp³-hybridized carbons (Fsp3) is 0.636. The van der Waals surface area contributed by atoms with E-state index in [1.165, 1.54) is 0 Å². The Morgan fingerprint density at radius 2 is 1.94 bits per heavy atom. The number of halogens is 1. The average molecular weight is 302 g/mol. The summed E-state index contributed by atoms with van der Waals surface area (Å²) in [6, 6.07) is 1.71. The van der Waals surface area contributed by atoms with Crippen LogP contribution in [0, 0.1) is 0 Å². The molecule has 0 spiro atoms. The van der Waals surface area contributed by atoms with Crippen LogP contribution in [0.3, 0.4) is 0 Å². The molecular formula is C11H20BrN5. The first kappa shape index (κ1) is 14.2. The van der Waals surface area contributed by atoms with Gasteiger partial charge >= 0.3 is 0 Å². The van der Waals surface area contributed by atoms with Crippen LogP contribution in [0.1, 0.15) is 13.3 Å². The van der Waals surface area contributed by atoms with E-state index < -0.39 is 0 Å². The highest BCUT2D eigenvalue weighted by Crippen LogP contribution is 2.16. The van der Waals surface area contributed by atoms with Crippen molar-refractivity contribution in [2.45, 2.75) is 13.3 Å². The van der Waals surface area contributed by atoms with Crippen molar-refractivity contribution in [2.24, 2.45) is 0 Å². The first-order valence-electron chi connectivity index (χ1n) is 5.72. The molecule has 6 heteroatoms. The molecule has 1 rings (SSSR count). The summed E-state index contributed by atoms with van der Waals surface area (Å²) in [5.41, 5.74) is 5.73. The van der Waals surface area contributed by atoms with Crippen LogP contribution in [0.5, 0.6) is 0 Å². The highest BCUT2D eigenvalue weighted by Gasteiger charge is 2.10. The first-order valence-corrected chi connectivity index (χ1v) is 6.52. The number of aromatic nitrogens is 2. The molecule has 1 heterocycles. The van der Waals surface area contributed by atoms with Crippen molar-refractivity contribution in [3.63, 3.8) is 0 Å². The van der Waals surface area contributed by atoms with Gasteiger partial charge in [0.15, 0.2) is 0 Å². The van der Waals surface area contributed by atoms with Gasteiger partial charge < -0.3 is 15.5 Å². The standard InChI is InChI=1S/C11H20BrN5/c1-4-5-17(7-6-16(2)3)11-14-9(12)8-10(13)15-11/h8H,4-7H2,1-3H3,(H2,13,14,15). The molecule has 0 atom stereocenters.